The van der Waals surface area contributed by atoms with Crippen LogP contribution in [0.25, 0.3) is 0 Å². The molecular formula is C23H31ClN6O2S. The van der Waals surface area contributed by atoms with E-state index < -0.39 is 0 Å². The maximum Gasteiger partial charge on any atom is 0.238 e. The van der Waals surface area contributed by atoms with E-state index >= 15 is 0 Å². The second-order valence-corrected chi connectivity index (χ2v) is 9.68. The molecule has 1 amide bonds. The zero-order chi connectivity index (χ0) is 24.0. The van der Waals surface area contributed by atoms with Crippen LogP contribution < -0.4 is 10.1 Å². The Kier molecular flexibility index (Phi) is 8.80. The number of thioether (sulfide) groups is 1. The minimum absolute atomic E-state index is 0.115. The van der Waals surface area contributed by atoms with Crippen LogP contribution in [-0.4, -0.2) is 35.7 Å². The lowest BCUT2D eigenvalue weighted by molar-refractivity contribution is -0.115. The van der Waals surface area contributed by atoms with Gasteiger partial charge in [-0.15, -0.1) is 10.2 Å². The number of benzene rings is 1. The zero-order valence-electron chi connectivity index (χ0n) is 19.7. The minimum Gasteiger partial charge on any atom is -0.484 e. The van der Waals surface area contributed by atoms with Gasteiger partial charge in [-0.05, 0) is 45.7 Å². The number of ether oxygens (including phenoxy) is 1. The summed E-state index contributed by atoms with van der Waals surface area (Å²) in [6.07, 6.45) is 3.51. The van der Waals surface area contributed by atoms with Crippen molar-refractivity contribution in [3.05, 3.63) is 47.4 Å². The van der Waals surface area contributed by atoms with Gasteiger partial charge in [-0.3, -0.25) is 4.79 Å². The van der Waals surface area contributed by atoms with Crippen molar-refractivity contribution >= 4 is 35.1 Å². The lowest BCUT2D eigenvalue weighted by atomic mass is 10.2. The van der Waals surface area contributed by atoms with Gasteiger partial charge >= 0.3 is 0 Å². The molecule has 0 saturated carbocycles. The Morgan fingerprint density at radius 1 is 1.15 bits per heavy atom. The Morgan fingerprint density at radius 2 is 1.88 bits per heavy atom. The summed E-state index contributed by atoms with van der Waals surface area (Å²) < 4.78 is 9.79. The van der Waals surface area contributed by atoms with Crippen LogP contribution in [0, 0.1) is 0 Å². The molecule has 2 heterocycles. The van der Waals surface area contributed by atoms with Crippen molar-refractivity contribution in [2.75, 3.05) is 5.32 Å². The quantitative estimate of drug-likeness (QED) is 0.343. The number of halogens is 1. The van der Waals surface area contributed by atoms with Crippen LogP contribution in [0.4, 0.5) is 5.82 Å². The van der Waals surface area contributed by atoms with E-state index in [9.17, 15) is 4.79 Å². The highest BCUT2D eigenvalue weighted by Crippen LogP contribution is 2.30. The monoisotopic (exact) mass is 490 g/mol. The molecule has 33 heavy (non-hydrogen) atoms. The zero-order valence-corrected chi connectivity index (χ0v) is 21.2. The summed E-state index contributed by atoms with van der Waals surface area (Å²) in [7, 11) is 0. The molecule has 0 saturated heterocycles. The molecule has 0 bridgehead atoms. The van der Waals surface area contributed by atoms with Crippen molar-refractivity contribution in [1.29, 1.82) is 0 Å². The van der Waals surface area contributed by atoms with Gasteiger partial charge in [0.25, 0.3) is 0 Å². The number of carbonyl (C=O) groups excluding carboxylic acids is 1. The molecule has 1 aromatic carbocycles. The average Bonchev–Trinajstić information content (AvgIpc) is 3.41. The predicted molar refractivity (Wildman–Crippen MR) is 132 cm³/mol. The van der Waals surface area contributed by atoms with Crippen LogP contribution in [0.15, 0.2) is 41.7 Å². The van der Waals surface area contributed by atoms with Gasteiger partial charge in [0.15, 0.2) is 11.0 Å². The second-order valence-electron chi connectivity index (χ2n) is 7.96. The standard InChI is InChI=1S/C23H31ClN6O2S/c1-6-17(7-2)29-21(14-32-19-11-9-8-10-18(19)24)27-28-23(29)33-16(5)22(31)26-20-12-13-25-30(20)15(3)4/h8-13,15-17H,6-7,14H2,1-5H3,(H,26,31). The van der Waals surface area contributed by atoms with E-state index in [1.807, 2.05) is 39.0 Å². The lowest BCUT2D eigenvalue weighted by Crippen LogP contribution is -2.25. The first-order valence-electron chi connectivity index (χ1n) is 11.2. The number of aromatic nitrogens is 5. The molecule has 3 aromatic rings. The fourth-order valence-electron chi connectivity index (χ4n) is 3.48. The van der Waals surface area contributed by atoms with Crippen LogP contribution in [0.2, 0.25) is 5.02 Å². The summed E-state index contributed by atoms with van der Waals surface area (Å²) in [4.78, 5) is 12.9. The fraction of sp³-hybridized carbons (Fsp3) is 0.478. The van der Waals surface area contributed by atoms with Crippen molar-refractivity contribution in [3.8, 4) is 5.75 Å². The van der Waals surface area contributed by atoms with Crippen molar-refractivity contribution in [2.24, 2.45) is 0 Å². The molecule has 1 atom stereocenters. The molecule has 10 heteroatoms. The largest absolute Gasteiger partial charge is 0.484 e. The Morgan fingerprint density at radius 3 is 2.55 bits per heavy atom. The Bertz CT molecular complexity index is 1060. The highest BCUT2D eigenvalue weighted by molar-refractivity contribution is 8.00. The molecule has 0 fully saturated rings. The first-order valence-corrected chi connectivity index (χ1v) is 12.4. The minimum atomic E-state index is -0.379. The summed E-state index contributed by atoms with van der Waals surface area (Å²) in [5.74, 6) is 1.87. The van der Waals surface area contributed by atoms with E-state index in [0.717, 1.165) is 12.8 Å². The number of rotatable bonds is 11. The summed E-state index contributed by atoms with van der Waals surface area (Å²) in [5.41, 5.74) is 0. The molecule has 1 unspecified atom stereocenters. The van der Waals surface area contributed by atoms with Crippen LogP contribution >= 0.6 is 23.4 Å². The molecule has 0 aliphatic rings. The third-order valence-electron chi connectivity index (χ3n) is 5.30. The van der Waals surface area contributed by atoms with Crippen LogP contribution in [0.5, 0.6) is 5.75 Å². The summed E-state index contributed by atoms with van der Waals surface area (Å²) in [6, 6.07) is 9.49. The molecule has 0 spiro atoms. The molecule has 2 aromatic heterocycles. The number of para-hydroxylation sites is 1. The molecule has 1 N–H and O–H groups in total. The molecule has 0 aliphatic carbocycles. The Labute approximate surface area is 204 Å². The highest BCUT2D eigenvalue weighted by Gasteiger charge is 2.24. The van der Waals surface area contributed by atoms with Crippen LogP contribution in [-0.2, 0) is 11.4 Å². The van der Waals surface area contributed by atoms with E-state index in [-0.39, 0.29) is 29.8 Å². The summed E-state index contributed by atoms with van der Waals surface area (Å²) in [6.45, 7) is 10.4. The van der Waals surface area contributed by atoms with E-state index in [0.29, 0.717) is 27.6 Å². The normalized spacial score (nSPS) is 12.4. The first-order chi connectivity index (χ1) is 15.8. The van der Waals surface area contributed by atoms with Gasteiger partial charge in [-0.2, -0.15) is 5.10 Å². The van der Waals surface area contributed by atoms with Gasteiger partial charge in [0.05, 0.1) is 16.5 Å². The maximum absolute atomic E-state index is 12.9. The number of anilines is 1. The molecule has 0 radical (unpaired) electrons. The van der Waals surface area contributed by atoms with Gasteiger partial charge < -0.3 is 14.6 Å². The van der Waals surface area contributed by atoms with Gasteiger partial charge in [0.2, 0.25) is 5.91 Å². The number of nitrogens with zero attached hydrogens (tertiary/aromatic N) is 5. The van der Waals surface area contributed by atoms with Crippen LogP contribution in [0.1, 0.15) is 65.4 Å². The third-order valence-corrected chi connectivity index (χ3v) is 6.67. The van der Waals surface area contributed by atoms with Gasteiger partial charge in [-0.25, -0.2) is 4.68 Å². The summed E-state index contributed by atoms with van der Waals surface area (Å²) >= 11 is 7.61. The topological polar surface area (TPSA) is 86.9 Å². The van der Waals surface area contributed by atoms with Gasteiger partial charge in [0.1, 0.15) is 18.2 Å². The SMILES string of the molecule is CCC(CC)n1c(COc2ccccc2Cl)nnc1SC(C)C(=O)Nc1ccnn1C(C)C. The Balaban J connectivity index is 1.76. The van der Waals surface area contributed by atoms with Crippen molar-refractivity contribution in [2.45, 2.75) is 76.6 Å². The number of hydrogen-bond acceptors (Lipinski definition) is 6. The molecular weight excluding hydrogens is 460 g/mol. The fourth-order valence-corrected chi connectivity index (χ4v) is 4.60. The number of amides is 1. The average molecular weight is 491 g/mol. The first kappa shape index (κ1) is 25.1. The second kappa shape index (κ2) is 11.6. The molecule has 3 rings (SSSR count). The van der Waals surface area contributed by atoms with Gasteiger partial charge in [0, 0.05) is 18.2 Å². The van der Waals surface area contributed by atoms with E-state index in [4.69, 9.17) is 16.3 Å². The van der Waals surface area contributed by atoms with E-state index in [1.54, 1.807) is 23.0 Å². The van der Waals surface area contributed by atoms with E-state index in [1.165, 1.54) is 11.8 Å². The smallest absolute Gasteiger partial charge is 0.238 e. The van der Waals surface area contributed by atoms with Crippen LogP contribution in [0.3, 0.4) is 0 Å². The van der Waals surface area contributed by atoms with Crippen molar-refractivity contribution < 1.29 is 9.53 Å². The maximum atomic E-state index is 12.9. The third kappa shape index (κ3) is 6.09. The predicted octanol–water partition coefficient (Wildman–Crippen LogP) is 5.77. The van der Waals surface area contributed by atoms with E-state index in [2.05, 4.69) is 39.0 Å². The Hall–Kier alpha value is -2.52. The number of carbonyl (C=O) groups is 1. The highest BCUT2D eigenvalue weighted by atomic mass is 35.5. The van der Waals surface area contributed by atoms with Crippen molar-refractivity contribution in [1.82, 2.24) is 24.5 Å². The van der Waals surface area contributed by atoms with Gasteiger partial charge in [-0.1, -0.05) is 49.3 Å². The molecule has 0 aliphatic heterocycles. The number of hydrogen-bond donors (Lipinski definition) is 1. The molecule has 8 nitrogen and oxygen atoms in total. The lowest BCUT2D eigenvalue weighted by Gasteiger charge is -2.20. The number of nitrogens with one attached hydrogen (secondary N) is 1. The van der Waals surface area contributed by atoms with Crippen molar-refractivity contribution in [3.63, 3.8) is 0 Å². The summed E-state index contributed by atoms with van der Waals surface area (Å²) in [5, 5.41) is 16.9. The molecule has 178 valence electrons.